The van der Waals surface area contributed by atoms with E-state index in [1.54, 1.807) is 0 Å². The van der Waals surface area contributed by atoms with Crippen molar-refractivity contribution in [3.05, 3.63) is 0 Å². The minimum absolute atomic E-state index is 0.0471. The largest absolute Gasteiger partial charge is 0.374 e. The molecule has 2 heteroatoms. The van der Waals surface area contributed by atoms with Crippen LogP contribution >= 0.6 is 0 Å². The molecule has 1 rings (SSSR count). The van der Waals surface area contributed by atoms with Crippen molar-refractivity contribution >= 4 is 0 Å². The van der Waals surface area contributed by atoms with Gasteiger partial charge in [-0.05, 0) is 33.2 Å². The molecule has 1 saturated carbocycles. The van der Waals surface area contributed by atoms with E-state index in [1.165, 1.54) is 38.5 Å². The lowest BCUT2D eigenvalue weighted by Gasteiger charge is -2.34. The maximum Gasteiger partial charge on any atom is 0.0780 e. The molecule has 0 saturated heterocycles. The Hall–Kier alpha value is -0.0800. The first-order valence-electron chi connectivity index (χ1n) is 6.49. The summed E-state index contributed by atoms with van der Waals surface area (Å²) < 4.78 is 5.91. The lowest BCUT2D eigenvalue weighted by atomic mass is 9.81. The highest BCUT2D eigenvalue weighted by Gasteiger charge is 2.28. The zero-order valence-corrected chi connectivity index (χ0v) is 10.6. The molecule has 90 valence electrons. The molecule has 0 bridgehead atoms. The van der Waals surface area contributed by atoms with E-state index in [1.807, 2.05) is 7.05 Å². The molecule has 1 aliphatic carbocycles. The predicted octanol–water partition coefficient (Wildman–Crippen LogP) is 2.97. The Bertz CT molecular complexity index is 158. The average Bonchev–Trinajstić information content (AvgIpc) is 2.19. The van der Waals surface area contributed by atoms with E-state index in [9.17, 15) is 0 Å². The molecular formula is C13H27NO. The average molecular weight is 213 g/mol. The third-order valence-corrected chi connectivity index (χ3v) is 3.49. The minimum atomic E-state index is 0.0471. The van der Waals surface area contributed by atoms with Gasteiger partial charge in [0.1, 0.15) is 0 Å². The highest BCUT2D eigenvalue weighted by atomic mass is 16.5. The molecule has 0 heterocycles. The first-order chi connectivity index (χ1) is 7.20. The highest BCUT2D eigenvalue weighted by Crippen LogP contribution is 2.31. The molecule has 1 atom stereocenters. The van der Waals surface area contributed by atoms with E-state index >= 15 is 0 Å². The molecule has 0 amide bonds. The fraction of sp³-hybridized carbons (Fsp3) is 1.00. The van der Waals surface area contributed by atoms with E-state index in [-0.39, 0.29) is 5.60 Å². The summed E-state index contributed by atoms with van der Waals surface area (Å²) in [6, 6.07) is 0. The number of hydrogen-bond donors (Lipinski definition) is 1. The summed E-state index contributed by atoms with van der Waals surface area (Å²) in [5.74, 6) is 0.892. The van der Waals surface area contributed by atoms with Crippen LogP contribution < -0.4 is 5.32 Å². The van der Waals surface area contributed by atoms with Gasteiger partial charge >= 0.3 is 0 Å². The summed E-state index contributed by atoms with van der Waals surface area (Å²) >= 11 is 0. The van der Waals surface area contributed by atoms with Crippen LogP contribution in [0.15, 0.2) is 0 Å². The SMILES string of the molecule is CCOC(C)(CNC)CC1CCCCC1. The Labute approximate surface area is 94.8 Å². The van der Waals surface area contributed by atoms with Gasteiger partial charge in [0.25, 0.3) is 0 Å². The molecule has 15 heavy (non-hydrogen) atoms. The third-order valence-electron chi connectivity index (χ3n) is 3.49. The van der Waals surface area contributed by atoms with Crippen LogP contribution in [-0.4, -0.2) is 25.8 Å². The van der Waals surface area contributed by atoms with Gasteiger partial charge < -0.3 is 10.1 Å². The van der Waals surface area contributed by atoms with Crippen molar-refractivity contribution in [2.24, 2.45) is 5.92 Å². The van der Waals surface area contributed by atoms with Crippen LogP contribution in [0, 0.1) is 5.92 Å². The van der Waals surface area contributed by atoms with Crippen LogP contribution in [-0.2, 0) is 4.74 Å². The molecule has 0 radical (unpaired) electrons. The van der Waals surface area contributed by atoms with Crippen molar-refractivity contribution < 1.29 is 4.74 Å². The zero-order valence-electron chi connectivity index (χ0n) is 10.6. The van der Waals surface area contributed by atoms with Gasteiger partial charge in [-0.15, -0.1) is 0 Å². The van der Waals surface area contributed by atoms with Gasteiger partial charge in [-0.25, -0.2) is 0 Å². The number of hydrogen-bond acceptors (Lipinski definition) is 2. The molecule has 0 aliphatic heterocycles. The Balaban J connectivity index is 2.40. The van der Waals surface area contributed by atoms with Crippen LogP contribution in [0.2, 0.25) is 0 Å². The maximum atomic E-state index is 5.91. The van der Waals surface area contributed by atoms with E-state index in [4.69, 9.17) is 4.74 Å². The molecule has 2 nitrogen and oxygen atoms in total. The van der Waals surface area contributed by atoms with E-state index in [0.29, 0.717) is 0 Å². The van der Waals surface area contributed by atoms with Gasteiger partial charge in [-0.1, -0.05) is 32.1 Å². The Morgan fingerprint density at radius 2 is 1.93 bits per heavy atom. The van der Waals surface area contributed by atoms with E-state index in [2.05, 4.69) is 19.2 Å². The van der Waals surface area contributed by atoms with E-state index in [0.717, 1.165) is 19.1 Å². The maximum absolute atomic E-state index is 5.91. The third kappa shape index (κ3) is 4.52. The second-order valence-corrected chi connectivity index (χ2v) is 5.12. The number of ether oxygens (including phenoxy) is 1. The summed E-state index contributed by atoms with van der Waals surface area (Å²) in [6.07, 6.45) is 8.33. The van der Waals surface area contributed by atoms with Gasteiger partial charge in [-0.3, -0.25) is 0 Å². The van der Waals surface area contributed by atoms with Crippen molar-refractivity contribution in [1.82, 2.24) is 5.32 Å². The zero-order chi connectivity index (χ0) is 11.1. The fourth-order valence-corrected chi connectivity index (χ4v) is 2.91. The highest BCUT2D eigenvalue weighted by molar-refractivity contribution is 4.82. The van der Waals surface area contributed by atoms with E-state index < -0.39 is 0 Å². The second kappa shape index (κ2) is 6.49. The van der Waals surface area contributed by atoms with Gasteiger partial charge in [-0.2, -0.15) is 0 Å². The topological polar surface area (TPSA) is 21.3 Å². The molecule has 0 aromatic carbocycles. The molecule has 1 unspecified atom stereocenters. The van der Waals surface area contributed by atoms with Crippen LogP contribution in [0.5, 0.6) is 0 Å². The quantitative estimate of drug-likeness (QED) is 0.732. The lowest BCUT2D eigenvalue weighted by Crippen LogP contribution is -2.41. The summed E-state index contributed by atoms with van der Waals surface area (Å²) in [4.78, 5) is 0. The lowest BCUT2D eigenvalue weighted by molar-refractivity contribution is -0.0424. The summed E-state index contributed by atoms with van der Waals surface area (Å²) in [5.41, 5.74) is 0.0471. The van der Waals surface area contributed by atoms with Crippen molar-refractivity contribution in [3.8, 4) is 0 Å². The van der Waals surface area contributed by atoms with Crippen LogP contribution in [0.25, 0.3) is 0 Å². The standard InChI is InChI=1S/C13H27NO/c1-4-15-13(2,11-14-3)10-12-8-6-5-7-9-12/h12,14H,4-11H2,1-3H3. The van der Waals surface area contributed by atoms with Crippen molar-refractivity contribution in [2.75, 3.05) is 20.2 Å². The summed E-state index contributed by atoms with van der Waals surface area (Å²) in [7, 11) is 2.01. The molecule has 1 fully saturated rings. The minimum Gasteiger partial charge on any atom is -0.374 e. The monoisotopic (exact) mass is 213 g/mol. The predicted molar refractivity (Wildman–Crippen MR) is 65.1 cm³/mol. The van der Waals surface area contributed by atoms with Crippen LogP contribution in [0.1, 0.15) is 52.4 Å². The molecule has 1 aliphatic rings. The Kier molecular flexibility index (Phi) is 5.62. The Morgan fingerprint density at radius 3 is 2.47 bits per heavy atom. The molecule has 0 spiro atoms. The van der Waals surface area contributed by atoms with Gasteiger partial charge in [0.15, 0.2) is 0 Å². The normalized spacial score (nSPS) is 22.6. The molecule has 0 aromatic heterocycles. The van der Waals surface area contributed by atoms with Crippen LogP contribution in [0.4, 0.5) is 0 Å². The van der Waals surface area contributed by atoms with Crippen molar-refractivity contribution in [1.29, 1.82) is 0 Å². The van der Waals surface area contributed by atoms with Crippen molar-refractivity contribution in [3.63, 3.8) is 0 Å². The van der Waals surface area contributed by atoms with Crippen molar-refractivity contribution in [2.45, 2.75) is 58.0 Å². The van der Waals surface area contributed by atoms with Gasteiger partial charge in [0.2, 0.25) is 0 Å². The second-order valence-electron chi connectivity index (χ2n) is 5.12. The Morgan fingerprint density at radius 1 is 1.27 bits per heavy atom. The smallest absolute Gasteiger partial charge is 0.0780 e. The summed E-state index contributed by atoms with van der Waals surface area (Å²) in [5, 5.41) is 3.26. The number of likely N-dealkylation sites (N-methyl/N-ethyl adjacent to an activating group) is 1. The van der Waals surface area contributed by atoms with Crippen LogP contribution in [0.3, 0.4) is 0 Å². The van der Waals surface area contributed by atoms with Gasteiger partial charge in [0, 0.05) is 13.2 Å². The first-order valence-corrected chi connectivity index (χ1v) is 6.49. The summed E-state index contributed by atoms with van der Waals surface area (Å²) in [6.45, 7) is 6.14. The van der Waals surface area contributed by atoms with Gasteiger partial charge in [0.05, 0.1) is 5.60 Å². The first kappa shape index (κ1) is 13.0. The molecule has 1 N–H and O–H groups in total. The number of rotatable bonds is 6. The number of nitrogens with one attached hydrogen (secondary N) is 1. The molecule has 0 aromatic rings. The fourth-order valence-electron chi connectivity index (χ4n) is 2.91. The molecular weight excluding hydrogens is 186 g/mol.